The molecule has 1 fully saturated rings. The van der Waals surface area contributed by atoms with Crippen LogP contribution in [-0.2, 0) is 14.3 Å². The van der Waals surface area contributed by atoms with Gasteiger partial charge in [0.15, 0.2) is 23.9 Å². The van der Waals surface area contributed by atoms with Gasteiger partial charge < -0.3 is 14.2 Å². The van der Waals surface area contributed by atoms with E-state index in [0.717, 1.165) is 16.7 Å². The summed E-state index contributed by atoms with van der Waals surface area (Å²) in [5, 5.41) is -0.403. The number of ether oxygens (including phenoxy) is 3. The smallest absolute Gasteiger partial charge is 0.341 e. The maximum atomic E-state index is 12.6. The Kier molecular flexibility index (Phi) is 6.91. The fourth-order valence-electron chi connectivity index (χ4n) is 2.89. The quantitative estimate of drug-likeness (QED) is 0.343. The molecule has 1 aromatic heterocycles. The molecule has 1 saturated heterocycles. The number of methoxy groups -OCH3 is 2. The molecule has 2 heterocycles. The van der Waals surface area contributed by atoms with E-state index in [1.54, 1.807) is 18.2 Å². The van der Waals surface area contributed by atoms with Crippen LogP contribution >= 0.6 is 11.8 Å². The van der Waals surface area contributed by atoms with E-state index in [-0.39, 0.29) is 28.8 Å². The van der Waals surface area contributed by atoms with Crippen LogP contribution in [0.2, 0.25) is 0 Å². The van der Waals surface area contributed by atoms with E-state index >= 15 is 0 Å². The molecule has 0 spiro atoms. The monoisotopic (exact) mass is 444 g/mol. The SMILES string of the molecule is COc1ccc(C(=O)COC(=O)c2cccnc2SC2CC(=O)N(C)C2=O)cc1OC. The second-order valence-corrected chi connectivity index (χ2v) is 7.72. The number of esters is 1. The third kappa shape index (κ3) is 4.85. The molecule has 31 heavy (non-hydrogen) atoms. The Morgan fingerprint density at radius 1 is 1.16 bits per heavy atom. The Hall–Kier alpha value is -3.40. The first-order chi connectivity index (χ1) is 14.8. The highest BCUT2D eigenvalue weighted by Crippen LogP contribution is 2.32. The van der Waals surface area contributed by atoms with Gasteiger partial charge in [0.05, 0.1) is 25.0 Å². The lowest BCUT2D eigenvalue weighted by Gasteiger charge is -2.12. The van der Waals surface area contributed by atoms with E-state index < -0.39 is 23.6 Å². The van der Waals surface area contributed by atoms with E-state index in [1.807, 2.05) is 0 Å². The number of hydrogen-bond donors (Lipinski definition) is 0. The molecule has 1 aromatic carbocycles. The van der Waals surface area contributed by atoms with Crippen LogP contribution in [0.25, 0.3) is 0 Å². The zero-order chi connectivity index (χ0) is 22.5. The van der Waals surface area contributed by atoms with Gasteiger partial charge in [0.25, 0.3) is 0 Å². The number of benzene rings is 1. The van der Waals surface area contributed by atoms with Gasteiger partial charge in [-0.05, 0) is 30.3 Å². The first-order valence-electron chi connectivity index (χ1n) is 9.20. The molecule has 1 aliphatic heterocycles. The lowest BCUT2D eigenvalue weighted by atomic mass is 10.1. The van der Waals surface area contributed by atoms with Gasteiger partial charge >= 0.3 is 5.97 Å². The van der Waals surface area contributed by atoms with Crippen LogP contribution in [0, 0.1) is 0 Å². The molecule has 0 aliphatic carbocycles. The molecule has 0 N–H and O–H groups in total. The van der Waals surface area contributed by atoms with Crippen LogP contribution in [0.3, 0.4) is 0 Å². The fraction of sp³-hybridized carbons (Fsp3) is 0.286. The number of nitrogens with zero attached hydrogens (tertiary/aromatic N) is 2. The second-order valence-electron chi connectivity index (χ2n) is 6.53. The Labute approximate surface area is 182 Å². The number of carbonyl (C=O) groups excluding carboxylic acids is 4. The number of rotatable bonds is 8. The van der Waals surface area contributed by atoms with Crippen molar-refractivity contribution in [2.75, 3.05) is 27.9 Å². The first-order valence-corrected chi connectivity index (χ1v) is 10.1. The van der Waals surface area contributed by atoms with Gasteiger partial charge in [-0.25, -0.2) is 9.78 Å². The highest BCUT2D eigenvalue weighted by atomic mass is 32.2. The summed E-state index contributed by atoms with van der Waals surface area (Å²) < 4.78 is 15.5. The summed E-state index contributed by atoms with van der Waals surface area (Å²) >= 11 is 1.02. The summed E-state index contributed by atoms with van der Waals surface area (Å²) in [5.74, 6) is -0.961. The average Bonchev–Trinajstić information content (AvgIpc) is 3.03. The molecular weight excluding hydrogens is 424 g/mol. The first kappa shape index (κ1) is 22.3. The number of imide groups is 1. The zero-order valence-corrected chi connectivity index (χ0v) is 17.9. The molecule has 2 amide bonds. The van der Waals surface area contributed by atoms with E-state index in [4.69, 9.17) is 14.2 Å². The van der Waals surface area contributed by atoms with Gasteiger partial charge in [-0.1, -0.05) is 11.8 Å². The molecule has 10 heteroatoms. The maximum Gasteiger partial charge on any atom is 0.341 e. The van der Waals surface area contributed by atoms with Gasteiger partial charge in [-0.3, -0.25) is 19.3 Å². The summed E-state index contributed by atoms with van der Waals surface area (Å²) in [5.41, 5.74) is 0.409. The molecular formula is C21H20N2O7S. The van der Waals surface area contributed by atoms with Gasteiger partial charge in [0, 0.05) is 25.2 Å². The van der Waals surface area contributed by atoms with E-state index in [1.165, 1.54) is 39.6 Å². The Morgan fingerprint density at radius 3 is 2.55 bits per heavy atom. The zero-order valence-electron chi connectivity index (χ0n) is 17.1. The summed E-state index contributed by atoms with van der Waals surface area (Å²) in [7, 11) is 4.35. The average molecular weight is 444 g/mol. The maximum absolute atomic E-state index is 12.6. The fourth-order valence-corrected chi connectivity index (χ4v) is 4.04. The van der Waals surface area contributed by atoms with Crippen LogP contribution in [0.5, 0.6) is 11.5 Å². The standard InChI is InChI=1S/C21H20N2O7S/c1-23-18(25)10-17(20(23)26)31-19-13(5-4-8-22-19)21(27)30-11-14(24)12-6-7-15(28-2)16(9-12)29-3/h4-9,17H,10-11H2,1-3H3. The summed E-state index contributed by atoms with van der Waals surface area (Å²) in [6.07, 6.45) is 1.50. The van der Waals surface area contributed by atoms with Gasteiger partial charge in [0.1, 0.15) is 5.03 Å². The van der Waals surface area contributed by atoms with Crippen molar-refractivity contribution < 1.29 is 33.4 Å². The summed E-state index contributed by atoms with van der Waals surface area (Å²) in [6, 6.07) is 7.66. The molecule has 3 rings (SSSR count). The predicted octanol–water partition coefficient (Wildman–Crippen LogP) is 1.99. The molecule has 1 atom stereocenters. The number of aromatic nitrogens is 1. The number of Topliss-reactive ketones (excluding diaryl/α,β-unsaturated/α-hetero) is 1. The minimum Gasteiger partial charge on any atom is -0.493 e. The van der Waals surface area contributed by atoms with Crippen LogP contribution in [-0.4, -0.2) is 66.6 Å². The van der Waals surface area contributed by atoms with Crippen molar-refractivity contribution >= 4 is 35.3 Å². The minimum atomic E-state index is -0.755. The number of ketones is 1. The topological polar surface area (TPSA) is 112 Å². The van der Waals surface area contributed by atoms with Crippen LogP contribution in [0.1, 0.15) is 27.1 Å². The third-order valence-electron chi connectivity index (χ3n) is 4.62. The second kappa shape index (κ2) is 9.61. The highest BCUT2D eigenvalue weighted by Gasteiger charge is 2.37. The molecule has 2 aromatic rings. The van der Waals surface area contributed by atoms with Crippen molar-refractivity contribution in [3.8, 4) is 11.5 Å². The van der Waals surface area contributed by atoms with Crippen LogP contribution in [0.15, 0.2) is 41.6 Å². The molecule has 1 unspecified atom stereocenters. The van der Waals surface area contributed by atoms with E-state index in [0.29, 0.717) is 17.1 Å². The number of likely N-dealkylation sites (tertiary alicyclic amines) is 1. The van der Waals surface area contributed by atoms with Crippen molar-refractivity contribution in [2.45, 2.75) is 16.7 Å². The highest BCUT2D eigenvalue weighted by molar-refractivity contribution is 8.00. The van der Waals surface area contributed by atoms with Crippen molar-refractivity contribution in [1.82, 2.24) is 9.88 Å². The minimum absolute atomic E-state index is 0.0306. The number of thioether (sulfide) groups is 1. The Balaban J connectivity index is 1.68. The van der Waals surface area contributed by atoms with Gasteiger partial charge in [0.2, 0.25) is 11.8 Å². The molecule has 0 saturated carbocycles. The molecule has 0 bridgehead atoms. The molecule has 0 radical (unpaired) electrons. The van der Waals surface area contributed by atoms with E-state index in [2.05, 4.69) is 4.98 Å². The molecule has 1 aliphatic rings. The lowest BCUT2D eigenvalue weighted by molar-refractivity contribution is -0.136. The summed E-state index contributed by atoms with van der Waals surface area (Å²) in [6.45, 7) is -0.489. The number of hydrogen-bond acceptors (Lipinski definition) is 9. The summed E-state index contributed by atoms with van der Waals surface area (Å²) in [4.78, 5) is 54.1. The van der Waals surface area contributed by atoms with E-state index in [9.17, 15) is 19.2 Å². The molecule has 9 nitrogen and oxygen atoms in total. The van der Waals surface area contributed by atoms with Gasteiger partial charge in [-0.15, -0.1) is 0 Å². The predicted molar refractivity (Wildman–Crippen MR) is 110 cm³/mol. The largest absolute Gasteiger partial charge is 0.493 e. The van der Waals surface area contributed by atoms with Crippen LogP contribution in [0.4, 0.5) is 0 Å². The third-order valence-corrected chi connectivity index (χ3v) is 5.83. The van der Waals surface area contributed by atoms with Crippen molar-refractivity contribution in [2.24, 2.45) is 0 Å². The van der Waals surface area contributed by atoms with Gasteiger partial charge in [-0.2, -0.15) is 0 Å². The Bertz CT molecular complexity index is 1040. The Morgan fingerprint density at radius 2 is 1.90 bits per heavy atom. The lowest BCUT2D eigenvalue weighted by Crippen LogP contribution is -2.26. The van der Waals surface area contributed by atoms with Crippen molar-refractivity contribution in [3.63, 3.8) is 0 Å². The molecule has 162 valence electrons. The number of amides is 2. The number of carbonyl (C=O) groups is 4. The van der Waals surface area contributed by atoms with Crippen molar-refractivity contribution in [3.05, 3.63) is 47.7 Å². The number of pyridine rings is 1. The van der Waals surface area contributed by atoms with Crippen LogP contribution < -0.4 is 9.47 Å². The normalized spacial score (nSPS) is 15.7. The van der Waals surface area contributed by atoms with Crippen molar-refractivity contribution in [1.29, 1.82) is 0 Å².